The highest BCUT2D eigenvalue weighted by Crippen LogP contribution is 2.65. The zero-order valence-corrected chi connectivity index (χ0v) is 12.0. The van der Waals surface area contributed by atoms with Crippen molar-refractivity contribution < 1.29 is 4.79 Å². The van der Waals surface area contributed by atoms with Crippen molar-refractivity contribution in [3.8, 4) is 0 Å². The van der Waals surface area contributed by atoms with E-state index in [2.05, 4.69) is 5.32 Å². The minimum atomic E-state index is -0.523. The van der Waals surface area contributed by atoms with Crippen molar-refractivity contribution in [2.75, 3.05) is 0 Å². The summed E-state index contributed by atoms with van der Waals surface area (Å²) in [6.45, 7) is 0. The summed E-state index contributed by atoms with van der Waals surface area (Å²) in [5.74, 6) is 3.49. The third kappa shape index (κ3) is 1.55. The van der Waals surface area contributed by atoms with E-state index in [4.69, 9.17) is 18.0 Å². The Morgan fingerprint density at radius 2 is 1.74 bits per heavy atom. The second-order valence-corrected chi connectivity index (χ2v) is 7.58. The van der Waals surface area contributed by atoms with E-state index >= 15 is 0 Å². The molecule has 0 aromatic rings. The first-order chi connectivity index (χ1) is 9.13. The van der Waals surface area contributed by atoms with Gasteiger partial charge in [0.1, 0.15) is 0 Å². The Morgan fingerprint density at radius 1 is 1.16 bits per heavy atom. The zero-order chi connectivity index (χ0) is 13.2. The van der Waals surface area contributed by atoms with Gasteiger partial charge in [-0.25, -0.2) is 0 Å². The lowest BCUT2D eigenvalue weighted by atomic mass is 9.85. The highest BCUT2D eigenvalue weighted by atomic mass is 32.1. The molecular weight excluding hydrogens is 256 g/mol. The van der Waals surface area contributed by atoms with Crippen molar-refractivity contribution >= 4 is 23.1 Å². The summed E-state index contributed by atoms with van der Waals surface area (Å²) in [5.41, 5.74) is 5.36. The molecule has 1 amide bonds. The number of nitrogens with two attached hydrogens (primary N) is 1. The minimum Gasteiger partial charge on any atom is -0.392 e. The summed E-state index contributed by atoms with van der Waals surface area (Å²) in [6, 6.07) is 0.450. The van der Waals surface area contributed by atoms with Gasteiger partial charge >= 0.3 is 0 Å². The van der Waals surface area contributed by atoms with Crippen molar-refractivity contribution in [1.29, 1.82) is 0 Å². The largest absolute Gasteiger partial charge is 0.392 e. The molecule has 4 aliphatic rings. The Labute approximate surface area is 119 Å². The van der Waals surface area contributed by atoms with E-state index in [1.165, 1.54) is 19.3 Å². The summed E-state index contributed by atoms with van der Waals surface area (Å²) < 4.78 is 0. The molecule has 0 aliphatic heterocycles. The van der Waals surface area contributed by atoms with Crippen molar-refractivity contribution in [3.05, 3.63) is 0 Å². The smallest absolute Gasteiger partial charge is 0.233 e. The van der Waals surface area contributed by atoms with Crippen LogP contribution in [-0.4, -0.2) is 16.9 Å². The minimum absolute atomic E-state index is 0.135. The summed E-state index contributed by atoms with van der Waals surface area (Å²) in [5, 5.41) is 3.31. The Morgan fingerprint density at radius 3 is 2.26 bits per heavy atom. The average molecular weight is 278 g/mol. The fourth-order valence-corrected chi connectivity index (χ4v) is 5.67. The molecule has 3 N–H and O–H groups in total. The summed E-state index contributed by atoms with van der Waals surface area (Å²) >= 11 is 5.19. The van der Waals surface area contributed by atoms with Gasteiger partial charge in [-0.15, -0.1) is 0 Å². The van der Waals surface area contributed by atoms with Gasteiger partial charge in [0.05, 0.1) is 10.4 Å². The fraction of sp³-hybridized carbons (Fsp3) is 0.867. The van der Waals surface area contributed by atoms with E-state index in [1.54, 1.807) is 0 Å². The first-order valence-corrected chi connectivity index (χ1v) is 8.15. The van der Waals surface area contributed by atoms with E-state index in [1.807, 2.05) is 0 Å². The molecule has 4 aliphatic carbocycles. The van der Waals surface area contributed by atoms with Crippen LogP contribution in [0, 0.1) is 29.1 Å². The van der Waals surface area contributed by atoms with E-state index < -0.39 is 5.41 Å². The molecule has 19 heavy (non-hydrogen) atoms. The molecular formula is C15H22N2OS. The molecule has 0 saturated heterocycles. The molecule has 0 aromatic carbocycles. The van der Waals surface area contributed by atoms with Gasteiger partial charge in [0.15, 0.2) is 0 Å². The number of rotatable bonds is 3. The maximum Gasteiger partial charge on any atom is 0.233 e. The first-order valence-electron chi connectivity index (χ1n) is 7.74. The van der Waals surface area contributed by atoms with Crippen LogP contribution in [0.5, 0.6) is 0 Å². The number of thiocarbonyl (C=S) groups is 1. The predicted octanol–water partition coefficient (Wildman–Crippen LogP) is 1.99. The van der Waals surface area contributed by atoms with Gasteiger partial charge in [0, 0.05) is 6.04 Å². The zero-order valence-electron chi connectivity index (χ0n) is 11.2. The Balaban J connectivity index is 1.46. The number of fused-ring (bicyclic) bond motifs is 5. The maximum absolute atomic E-state index is 12.6. The molecule has 0 radical (unpaired) electrons. The monoisotopic (exact) mass is 278 g/mol. The van der Waals surface area contributed by atoms with Crippen LogP contribution in [0.2, 0.25) is 0 Å². The molecule has 0 aromatic heterocycles. The number of carbonyl (C=O) groups is 1. The second-order valence-electron chi connectivity index (χ2n) is 7.14. The lowest BCUT2D eigenvalue weighted by Gasteiger charge is -2.27. The van der Waals surface area contributed by atoms with Crippen LogP contribution in [0.15, 0.2) is 0 Å². The van der Waals surface area contributed by atoms with E-state index in [9.17, 15) is 4.79 Å². The van der Waals surface area contributed by atoms with Crippen LogP contribution in [0.4, 0.5) is 0 Å². The van der Waals surface area contributed by atoms with Crippen molar-refractivity contribution in [2.24, 2.45) is 34.8 Å². The maximum atomic E-state index is 12.6. The van der Waals surface area contributed by atoms with Gasteiger partial charge in [-0.05, 0) is 55.8 Å². The van der Waals surface area contributed by atoms with E-state index in [0.29, 0.717) is 11.0 Å². The van der Waals surface area contributed by atoms with Gasteiger partial charge in [-0.1, -0.05) is 25.1 Å². The normalized spacial score (nSPS) is 44.9. The van der Waals surface area contributed by atoms with E-state index in [0.717, 1.165) is 49.4 Å². The lowest BCUT2D eigenvalue weighted by molar-refractivity contribution is -0.127. The van der Waals surface area contributed by atoms with Crippen LogP contribution in [-0.2, 0) is 4.79 Å². The third-order valence-electron chi connectivity index (χ3n) is 6.40. The Hall–Kier alpha value is -0.640. The summed E-state index contributed by atoms with van der Waals surface area (Å²) in [6.07, 6.45) is 8.05. The van der Waals surface area contributed by atoms with Crippen LogP contribution < -0.4 is 11.1 Å². The average Bonchev–Trinajstić information content (AvgIpc) is 2.87. The highest BCUT2D eigenvalue weighted by molar-refractivity contribution is 7.80. The van der Waals surface area contributed by atoms with Crippen molar-refractivity contribution in [2.45, 2.75) is 51.0 Å². The van der Waals surface area contributed by atoms with Crippen LogP contribution in [0.3, 0.4) is 0 Å². The number of amides is 1. The Bertz CT molecular complexity index is 427. The summed E-state index contributed by atoms with van der Waals surface area (Å²) in [7, 11) is 0. The molecule has 0 spiro atoms. The standard InChI is InChI=1S/C15H22N2OS/c16-13(19)15(5-1-2-6-15)14(18)17-12-10-8-3-4-9(7-8)11(10)12/h8-12H,1-7H2,(H2,16,19)(H,17,18). The van der Waals surface area contributed by atoms with Crippen molar-refractivity contribution in [1.82, 2.24) is 5.32 Å². The molecule has 0 heterocycles. The number of hydrogen-bond donors (Lipinski definition) is 2. The van der Waals surface area contributed by atoms with Crippen LogP contribution in [0.1, 0.15) is 44.9 Å². The topological polar surface area (TPSA) is 55.1 Å². The highest BCUT2D eigenvalue weighted by Gasteiger charge is 2.66. The number of hydrogen-bond acceptors (Lipinski definition) is 2. The molecule has 4 atom stereocenters. The summed E-state index contributed by atoms with van der Waals surface area (Å²) in [4.78, 5) is 13.1. The fourth-order valence-electron chi connectivity index (χ4n) is 5.37. The van der Waals surface area contributed by atoms with Gasteiger partial charge in [-0.3, -0.25) is 4.79 Å². The molecule has 4 unspecified atom stereocenters. The second kappa shape index (κ2) is 3.94. The SMILES string of the molecule is NC(=S)C1(C(=O)NC2C3C4CCC(C4)C23)CCCC1. The molecule has 4 saturated carbocycles. The molecule has 4 heteroatoms. The molecule has 2 bridgehead atoms. The third-order valence-corrected chi connectivity index (χ3v) is 6.79. The van der Waals surface area contributed by atoms with Gasteiger partial charge in [0.2, 0.25) is 5.91 Å². The van der Waals surface area contributed by atoms with E-state index in [-0.39, 0.29) is 5.91 Å². The predicted molar refractivity (Wildman–Crippen MR) is 77.4 cm³/mol. The van der Waals surface area contributed by atoms with Gasteiger partial charge in [0.25, 0.3) is 0 Å². The van der Waals surface area contributed by atoms with Crippen LogP contribution in [0.25, 0.3) is 0 Å². The molecule has 4 fully saturated rings. The quantitative estimate of drug-likeness (QED) is 0.776. The first kappa shape index (κ1) is 12.1. The Kier molecular flexibility index (Phi) is 2.51. The number of nitrogens with one attached hydrogen (secondary N) is 1. The van der Waals surface area contributed by atoms with Gasteiger partial charge in [-0.2, -0.15) is 0 Å². The molecule has 3 nitrogen and oxygen atoms in total. The molecule has 4 rings (SSSR count). The number of carbonyl (C=O) groups excluding carboxylic acids is 1. The van der Waals surface area contributed by atoms with Gasteiger partial charge < -0.3 is 11.1 Å². The van der Waals surface area contributed by atoms with Crippen molar-refractivity contribution in [3.63, 3.8) is 0 Å². The molecule has 104 valence electrons. The lowest BCUT2D eigenvalue weighted by Crippen LogP contribution is -2.48. The van der Waals surface area contributed by atoms with Crippen LogP contribution >= 0.6 is 12.2 Å².